The number of para-hydroxylation sites is 1. The van der Waals surface area contributed by atoms with Gasteiger partial charge in [-0.15, -0.1) is 0 Å². The molecule has 4 rings (SSSR count). The van der Waals surface area contributed by atoms with Crippen molar-refractivity contribution >= 4 is 17.2 Å². The zero-order valence-corrected chi connectivity index (χ0v) is 14.7. The van der Waals surface area contributed by atoms with Crippen LogP contribution in [0.15, 0.2) is 71.4 Å². The van der Waals surface area contributed by atoms with Crippen LogP contribution in [0.25, 0.3) is 5.65 Å². The van der Waals surface area contributed by atoms with Crippen molar-refractivity contribution in [2.24, 2.45) is 0 Å². The number of imidazole rings is 1. The first kappa shape index (κ1) is 16.1. The van der Waals surface area contributed by atoms with Crippen molar-refractivity contribution in [3.05, 3.63) is 89.8 Å². The van der Waals surface area contributed by atoms with Crippen molar-refractivity contribution in [1.29, 1.82) is 0 Å². The van der Waals surface area contributed by atoms with Gasteiger partial charge in [0.05, 0.1) is 24.0 Å². The number of fused-ring (bicyclic) bond motifs is 1. The highest BCUT2D eigenvalue weighted by molar-refractivity contribution is 6.06. The number of carbonyl (C=O) groups is 1. The molecule has 0 aliphatic rings. The Bertz CT molecular complexity index is 1060. The maximum Gasteiger partial charge on any atom is 0.262 e. The van der Waals surface area contributed by atoms with Crippen molar-refractivity contribution < 1.29 is 9.21 Å². The normalized spacial score (nSPS) is 11.0. The Kier molecular flexibility index (Phi) is 4.05. The van der Waals surface area contributed by atoms with Crippen LogP contribution in [0.3, 0.4) is 0 Å². The molecule has 0 aliphatic heterocycles. The van der Waals surface area contributed by atoms with Crippen molar-refractivity contribution in [2.75, 3.05) is 4.90 Å². The third-order valence-electron chi connectivity index (χ3n) is 4.40. The van der Waals surface area contributed by atoms with E-state index in [0.29, 0.717) is 17.9 Å². The minimum absolute atomic E-state index is 0.0866. The van der Waals surface area contributed by atoms with Crippen LogP contribution in [0.1, 0.15) is 27.6 Å². The molecule has 3 aromatic heterocycles. The zero-order chi connectivity index (χ0) is 18.1. The van der Waals surface area contributed by atoms with Crippen LogP contribution in [0, 0.1) is 13.8 Å². The summed E-state index contributed by atoms with van der Waals surface area (Å²) in [6.07, 6.45) is 3.77. The summed E-state index contributed by atoms with van der Waals surface area (Å²) >= 11 is 0. The number of anilines is 1. The molecular formula is C21H19N3O2. The zero-order valence-electron chi connectivity index (χ0n) is 14.7. The van der Waals surface area contributed by atoms with Crippen LogP contribution in [0.4, 0.5) is 5.69 Å². The lowest BCUT2D eigenvalue weighted by Gasteiger charge is -2.22. The second-order valence-electron chi connectivity index (χ2n) is 6.23. The Labute approximate surface area is 151 Å². The Morgan fingerprint density at radius 1 is 1.12 bits per heavy atom. The van der Waals surface area contributed by atoms with Crippen LogP contribution in [0.5, 0.6) is 0 Å². The van der Waals surface area contributed by atoms with E-state index in [1.165, 1.54) is 0 Å². The molecule has 26 heavy (non-hydrogen) atoms. The predicted molar refractivity (Wildman–Crippen MR) is 100 cm³/mol. The molecule has 1 amide bonds. The molecule has 0 spiro atoms. The number of pyridine rings is 1. The number of carbonyl (C=O) groups excluding carboxylic acids is 1. The maximum atomic E-state index is 13.3. The van der Waals surface area contributed by atoms with E-state index in [4.69, 9.17) is 4.42 Å². The standard InChI is InChI=1S/C21H19N3O2/c1-15-12-19(16(2)26-15)21(25)24(17-8-4-3-5-9-17)14-18-13-22-20-10-6-7-11-23(18)20/h3-13H,14H2,1-2H3. The van der Waals surface area contributed by atoms with Gasteiger partial charge >= 0.3 is 0 Å². The van der Waals surface area contributed by atoms with Crippen LogP contribution in [-0.4, -0.2) is 15.3 Å². The van der Waals surface area contributed by atoms with E-state index in [9.17, 15) is 4.79 Å². The second-order valence-corrected chi connectivity index (χ2v) is 6.23. The molecular weight excluding hydrogens is 326 g/mol. The number of benzene rings is 1. The van der Waals surface area contributed by atoms with Gasteiger partial charge in [-0.2, -0.15) is 0 Å². The van der Waals surface area contributed by atoms with Gasteiger partial charge in [0, 0.05) is 11.9 Å². The average molecular weight is 345 g/mol. The number of furan rings is 1. The van der Waals surface area contributed by atoms with Gasteiger partial charge in [0.15, 0.2) is 0 Å². The molecule has 1 aromatic carbocycles. The molecule has 5 heteroatoms. The quantitative estimate of drug-likeness (QED) is 0.551. The highest BCUT2D eigenvalue weighted by atomic mass is 16.3. The highest BCUT2D eigenvalue weighted by Gasteiger charge is 2.23. The van der Waals surface area contributed by atoms with Crippen molar-refractivity contribution in [1.82, 2.24) is 9.38 Å². The van der Waals surface area contributed by atoms with Crippen LogP contribution >= 0.6 is 0 Å². The van der Waals surface area contributed by atoms with E-state index in [1.54, 1.807) is 11.0 Å². The van der Waals surface area contributed by atoms with Gasteiger partial charge in [0.2, 0.25) is 0 Å². The Hall–Kier alpha value is -3.34. The fourth-order valence-electron chi connectivity index (χ4n) is 3.14. The average Bonchev–Trinajstić information content (AvgIpc) is 3.22. The lowest BCUT2D eigenvalue weighted by atomic mass is 10.2. The molecule has 0 aliphatic carbocycles. The van der Waals surface area contributed by atoms with Gasteiger partial charge in [-0.05, 0) is 44.2 Å². The summed E-state index contributed by atoms with van der Waals surface area (Å²) in [7, 11) is 0. The molecule has 0 bridgehead atoms. The summed E-state index contributed by atoms with van der Waals surface area (Å²) in [5.74, 6) is 1.27. The van der Waals surface area contributed by atoms with Gasteiger partial charge in [0.25, 0.3) is 5.91 Å². The Morgan fingerprint density at radius 3 is 2.62 bits per heavy atom. The molecule has 0 saturated carbocycles. The maximum absolute atomic E-state index is 13.3. The summed E-state index contributed by atoms with van der Waals surface area (Å²) in [4.78, 5) is 19.5. The SMILES string of the molecule is Cc1cc(C(=O)N(Cc2cnc3ccccn23)c2ccccc2)c(C)o1. The number of aryl methyl sites for hydroxylation is 2. The molecule has 0 fully saturated rings. The number of hydrogen-bond donors (Lipinski definition) is 0. The van der Waals surface area contributed by atoms with E-state index in [-0.39, 0.29) is 5.91 Å². The van der Waals surface area contributed by atoms with E-state index in [1.807, 2.05) is 79.2 Å². The van der Waals surface area contributed by atoms with Crippen molar-refractivity contribution in [3.8, 4) is 0 Å². The molecule has 0 saturated heterocycles. The van der Waals surface area contributed by atoms with E-state index < -0.39 is 0 Å². The number of hydrogen-bond acceptors (Lipinski definition) is 3. The smallest absolute Gasteiger partial charge is 0.262 e. The second kappa shape index (κ2) is 6.52. The van der Waals surface area contributed by atoms with Gasteiger partial charge in [-0.25, -0.2) is 4.98 Å². The third-order valence-corrected chi connectivity index (χ3v) is 4.40. The monoisotopic (exact) mass is 345 g/mol. The Balaban J connectivity index is 1.76. The number of nitrogens with zero attached hydrogens (tertiary/aromatic N) is 3. The van der Waals surface area contributed by atoms with E-state index in [0.717, 1.165) is 22.8 Å². The summed E-state index contributed by atoms with van der Waals surface area (Å²) in [5.41, 5.74) is 3.22. The molecule has 0 unspecified atom stereocenters. The first-order valence-electron chi connectivity index (χ1n) is 8.48. The van der Waals surface area contributed by atoms with E-state index >= 15 is 0 Å². The highest BCUT2D eigenvalue weighted by Crippen LogP contribution is 2.23. The fraction of sp³-hybridized carbons (Fsp3) is 0.143. The molecule has 5 nitrogen and oxygen atoms in total. The van der Waals surface area contributed by atoms with Crippen LogP contribution in [0.2, 0.25) is 0 Å². The van der Waals surface area contributed by atoms with E-state index in [2.05, 4.69) is 4.98 Å². The molecule has 0 atom stereocenters. The Morgan fingerprint density at radius 2 is 1.88 bits per heavy atom. The predicted octanol–water partition coefficient (Wildman–Crippen LogP) is 4.39. The molecule has 0 radical (unpaired) electrons. The minimum atomic E-state index is -0.0866. The topological polar surface area (TPSA) is 50.8 Å². The van der Waals surface area contributed by atoms with Gasteiger partial charge in [-0.3, -0.25) is 4.79 Å². The van der Waals surface area contributed by atoms with Crippen LogP contribution in [-0.2, 0) is 6.54 Å². The number of amides is 1. The summed E-state index contributed by atoms with van der Waals surface area (Å²) in [6, 6.07) is 17.3. The third kappa shape index (κ3) is 2.88. The van der Waals surface area contributed by atoms with Crippen molar-refractivity contribution in [3.63, 3.8) is 0 Å². The molecule has 3 heterocycles. The number of aromatic nitrogens is 2. The number of rotatable bonds is 4. The van der Waals surface area contributed by atoms with Gasteiger partial charge in [-0.1, -0.05) is 24.3 Å². The lowest BCUT2D eigenvalue weighted by Crippen LogP contribution is -2.31. The van der Waals surface area contributed by atoms with Gasteiger partial charge < -0.3 is 13.7 Å². The van der Waals surface area contributed by atoms with Gasteiger partial charge in [0.1, 0.15) is 17.2 Å². The largest absolute Gasteiger partial charge is 0.466 e. The summed E-state index contributed by atoms with van der Waals surface area (Å²) in [5, 5.41) is 0. The fourth-order valence-corrected chi connectivity index (χ4v) is 3.14. The van der Waals surface area contributed by atoms with Crippen molar-refractivity contribution in [2.45, 2.75) is 20.4 Å². The lowest BCUT2D eigenvalue weighted by molar-refractivity contribution is 0.0983. The first-order chi connectivity index (χ1) is 12.6. The minimum Gasteiger partial charge on any atom is -0.466 e. The summed E-state index contributed by atoms with van der Waals surface area (Å²) < 4.78 is 7.56. The molecule has 130 valence electrons. The summed E-state index contributed by atoms with van der Waals surface area (Å²) in [6.45, 7) is 4.08. The molecule has 4 aromatic rings. The molecule has 0 N–H and O–H groups in total. The van der Waals surface area contributed by atoms with Crippen LogP contribution < -0.4 is 4.90 Å². The first-order valence-corrected chi connectivity index (χ1v) is 8.48.